The lowest BCUT2D eigenvalue weighted by Gasteiger charge is -2.29. The zero-order chi connectivity index (χ0) is 12.2. The lowest BCUT2D eigenvalue weighted by Crippen LogP contribution is -2.45. The molecule has 0 saturated carbocycles. The molecule has 0 saturated heterocycles. The van der Waals surface area contributed by atoms with Gasteiger partial charge in [-0.25, -0.2) is 4.79 Å². The fourth-order valence-electron chi connectivity index (χ4n) is 1.68. The molecule has 0 atom stereocenters. The second-order valence-corrected chi connectivity index (χ2v) is 3.91. The minimum absolute atomic E-state index is 0.542. The number of carboxylic acid groups (broad SMARTS) is 1. The molecule has 4 heteroatoms. The second-order valence-electron chi connectivity index (χ2n) is 3.91. The van der Waals surface area contributed by atoms with Crippen LogP contribution in [-0.4, -0.2) is 21.6 Å². The van der Waals surface area contributed by atoms with Gasteiger partial charge in [0.1, 0.15) is 5.54 Å². The van der Waals surface area contributed by atoms with Crippen molar-refractivity contribution in [3.63, 3.8) is 0 Å². The van der Waals surface area contributed by atoms with Crippen molar-refractivity contribution in [1.29, 1.82) is 0 Å². The first kappa shape index (κ1) is 12.5. The van der Waals surface area contributed by atoms with Crippen LogP contribution in [0.3, 0.4) is 0 Å². The molecule has 1 rings (SSSR count). The smallest absolute Gasteiger partial charge is 0.329 e. The molecule has 0 fully saturated rings. The van der Waals surface area contributed by atoms with Crippen LogP contribution in [-0.2, 0) is 4.79 Å². The Morgan fingerprint density at radius 3 is 2.56 bits per heavy atom. The molecule has 0 amide bonds. The Bertz CT molecular complexity index is 373. The van der Waals surface area contributed by atoms with E-state index in [0.29, 0.717) is 12.8 Å². The molecule has 0 aromatic carbocycles. The number of anilines is 1. The Balaban J connectivity index is 2.96. The summed E-state index contributed by atoms with van der Waals surface area (Å²) in [5, 5.41) is 12.4. The first-order chi connectivity index (χ1) is 7.54. The Kier molecular flexibility index (Phi) is 3.88. The number of rotatable bonds is 5. The van der Waals surface area contributed by atoms with Crippen LogP contribution in [0.15, 0.2) is 18.3 Å². The van der Waals surface area contributed by atoms with Gasteiger partial charge in [0, 0.05) is 17.6 Å². The van der Waals surface area contributed by atoms with Gasteiger partial charge >= 0.3 is 5.97 Å². The van der Waals surface area contributed by atoms with Gasteiger partial charge in [0.25, 0.3) is 0 Å². The molecule has 4 nitrogen and oxygen atoms in total. The van der Waals surface area contributed by atoms with Crippen molar-refractivity contribution in [1.82, 2.24) is 4.98 Å². The quantitative estimate of drug-likeness (QED) is 0.803. The molecule has 1 heterocycles. The van der Waals surface area contributed by atoms with Crippen LogP contribution >= 0.6 is 0 Å². The SMILES string of the molecule is CCC(CC)(Nc1ccnc(C)c1)C(=O)O. The molecule has 0 unspecified atom stereocenters. The molecule has 0 bridgehead atoms. The maximum atomic E-state index is 11.3. The molecule has 1 aromatic rings. The predicted molar refractivity (Wildman–Crippen MR) is 63.5 cm³/mol. The number of carbonyl (C=O) groups is 1. The molecule has 16 heavy (non-hydrogen) atoms. The monoisotopic (exact) mass is 222 g/mol. The van der Waals surface area contributed by atoms with Crippen molar-refractivity contribution in [3.05, 3.63) is 24.0 Å². The fraction of sp³-hybridized carbons (Fsp3) is 0.500. The van der Waals surface area contributed by atoms with Crippen molar-refractivity contribution < 1.29 is 9.90 Å². The first-order valence-electron chi connectivity index (χ1n) is 5.48. The van der Waals surface area contributed by atoms with Crippen LogP contribution < -0.4 is 5.32 Å². The molecule has 1 aromatic heterocycles. The van der Waals surface area contributed by atoms with Gasteiger partial charge in [-0.15, -0.1) is 0 Å². The van der Waals surface area contributed by atoms with Crippen molar-refractivity contribution >= 4 is 11.7 Å². The van der Waals surface area contributed by atoms with E-state index in [9.17, 15) is 9.90 Å². The number of hydrogen-bond acceptors (Lipinski definition) is 3. The molecule has 0 aliphatic heterocycles. The van der Waals surface area contributed by atoms with Gasteiger partial charge in [0.15, 0.2) is 0 Å². The van der Waals surface area contributed by atoms with Crippen LogP contribution in [0.2, 0.25) is 0 Å². The highest BCUT2D eigenvalue weighted by atomic mass is 16.4. The summed E-state index contributed by atoms with van der Waals surface area (Å²) in [7, 11) is 0. The van der Waals surface area contributed by atoms with E-state index in [-0.39, 0.29) is 0 Å². The van der Waals surface area contributed by atoms with E-state index in [2.05, 4.69) is 10.3 Å². The number of aromatic nitrogens is 1. The lowest BCUT2D eigenvalue weighted by atomic mass is 9.92. The van der Waals surface area contributed by atoms with Crippen LogP contribution in [0.25, 0.3) is 0 Å². The van der Waals surface area contributed by atoms with Gasteiger partial charge in [-0.05, 0) is 31.9 Å². The minimum atomic E-state index is -0.881. The van der Waals surface area contributed by atoms with Gasteiger partial charge < -0.3 is 10.4 Å². The molecule has 88 valence electrons. The lowest BCUT2D eigenvalue weighted by molar-refractivity contribution is -0.142. The zero-order valence-electron chi connectivity index (χ0n) is 9.95. The van der Waals surface area contributed by atoms with Crippen molar-refractivity contribution in [2.75, 3.05) is 5.32 Å². The largest absolute Gasteiger partial charge is 0.480 e. The van der Waals surface area contributed by atoms with E-state index in [1.807, 2.05) is 26.8 Å². The number of pyridine rings is 1. The van der Waals surface area contributed by atoms with Crippen LogP contribution in [0.5, 0.6) is 0 Å². The van der Waals surface area contributed by atoms with Crippen molar-refractivity contribution in [2.24, 2.45) is 0 Å². The highest BCUT2D eigenvalue weighted by Crippen LogP contribution is 2.22. The third-order valence-electron chi connectivity index (χ3n) is 2.90. The Hall–Kier alpha value is -1.58. The third kappa shape index (κ3) is 2.51. The summed E-state index contributed by atoms with van der Waals surface area (Å²) in [5.41, 5.74) is 0.795. The Morgan fingerprint density at radius 2 is 2.12 bits per heavy atom. The summed E-state index contributed by atoms with van der Waals surface area (Å²) in [6.45, 7) is 5.63. The van der Waals surface area contributed by atoms with E-state index in [4.69, 9.17) is 0 Å². The number of aryl methyl sites for hydroxylation is 1. The highest BCUT2D eigenvalue weighted by molar-refractivity contribution is 5.82. The topological polar surface area (TPSA) is 62.2 Å². The highest BCUT2D eigenvalue weighted by Gasteiger charge is 2.34. The molecule has 0 radical (unpaired) electrons. The van der Waals surface area contributed by atoms with Gasteiger partial charge in [0.05, 0.1) is 0 Å². The summed E-state index contributed by atoms with van der Waals surface area (Å²) in [5.74, 6) is -0.813. The van der Waals surface area contributed by atoms with E-state index >= 15 is 0 Å². The van der Waals surface area contributed by atoms with Crippen LogP contribution in [0.4, 0.5) is 5.69 Å². The van der Waals surface area contributed by atoms with Crippen molar-refractivity contribution in [2.45, 2.75) is 39.2 Å². The fourth-order valence-corrected chi connectivity index (χ4v) is 1.68. The number of carboxylic acids is 1. The molecular weight excluding hydrogens is 204 g/mol. The first-order valence-corrected chi connectivity index (χ1v) is 5.48. The average Bonchev–Trinajstić information content (AvgIpc) is 2.25. The molecule has 2 N–H and O–H groups in total. The van der Waals surface area contributed by atoms with Gasteiger partial charge in [0.2, 0.25) is 0 Å². The third-order valence-corrected chi connectivity index (χ3v) is 2.90. The molecule has 0 aliphatic rings. The standard InChI is InChI=1S/C12H18N2O2/c1-4-12(5-2,11(15)16)14-10-6-7-13-9(3)8-10/h6-8H,4-5H2,1-3H3,(H,13,14)(H,15,16). The Morgan fingerprint density at radius 1 is 1.50 bits per heavy atom. The van der Waals surface area contributed by atoms with Crippen molar-refractivity contribution in [3.8, 4) is 0 Å². The summed E-state index contributed by atoms with van der Waals surface area (Å²) in [6.07, 6.45) is 2.76. The van der Waals surface area contributed by atoms with Gasteiger partial charge in [-0.3, -0.25) is 4.98 Å². The molecule has 0 spiro atoms. The maximum absolute atomic E-state index is 11.3. The number of nitrogens with zero attached hydrogens (tertiary/aromatic N) is 1. The normalized spacial score (nSPS) is 11.2. The summed E-state index contributed by atoms with van der Waals surface area (Å²) in [4.78, 5) is 15.4. The second kappa shape index (κ2) is 4.96. The summed E-state index contributed by atoms with van der Waals surface area (Å²) < 4.78 is 0. The van der Waals surface area contributed by atoms with E-state index in [1.54, 1.807) is 12.3 Å². The zero-order valence-corrected chi connectivity index (χ0v) is 9.95. The number of hydrogen-bond donors (Lipinski definition) is 2. The molecule has 0 aliphatic carbocycles. The minimum Gasteiger partial charge on any atom is -0.480 e. The van der Waals surface area contributed by atoms with Crippen LogP contribution in [0.1, 0.15) is 32.4 Å². The Labute approximate surface area is 95.7 Å². The number of nitrogens with one attached hydrogen (secondary N) is 1. The maximum Gasteiger partial charge on any atom is 0.329 e. The summed E-state index contributed by atoms with van der Waals surface area (Å²) in [6, 6.07) is 3.64. The molecular formula is C12H18N2O2. The summed E-state index contributed by atoms with van der Waals surface area (Å²) >= 11 is 0. The number of aliphatic carboxylic acids is 1. The van der Waals surface area contributed by atoms with E-state index < -0.39 is 11.5 Å². The average molecular weight is 222 g/mol. The van der Waals surface area contributed by atoms with Gasteiger partial charge in [-0.2, -0.15) is 0 Å². The van der Waals surface area contributed by atoms with E-state index in [1.165, 1.54) is 0 Å². The van der Waals surface area contributed by atoms with Crippen LogP contribution in [0, 0.1) is 6.92 Å². The van der Waals surface area contributed by atoms with Gasteiger partial charge in [-0.1, -0.05) is 13.8 Å². The van der Waals surface area contributed by atoms with E-state index in [0.717, 1.165) is 11.4 Å². The predicted octanol–water partition coefficient (Wildman–Crippen LogP) is 2.45.